The van der Waals surface area contributed by atoms with Gasteiger partial charge in [0.05, 0.1) is 44.1 Å². The van der Waals surface area contributed by atoms with Crippen LogP contribution < -0.4 is 0 Å². The van der Waals surface area contributed by atoms with Gasteiger partial charge in [0.2, 0.25) is 0 Å². The van der Waals surface area contributed by atoms with Gasteiger partial charge in [-0.2, -0.15) is 0 Å². The van der Waals surface area contributed by atoms with Crippen molar-refractivity contribution in [2.24, 2.45) is 0 Å². The average molecular weight is 905 g/mol. The van der Waals surface area contributed by atoms with E-state index in [2.05, 4.69) is 279 Å². The first-order valence-electron chi connectivity index (χ1n) is 24.5. The molecule has 0 fully saturated rings. The fourth-order valence-electron chi connectivity index (χ4n) is 12.1. The molecule has 11 aromatic carbocycles. The third-order valence-corrected chi connectivity index (χ3v) is 15.0. The number of aromatic nitrogens is 4. The van der Waals surface area contributed by atoms with Crippen LogP contribution in [-0.4, -0.2) is 18.3 Å². The molecular weight excluding hydrogens is 861 g/mol. The van der Waals surface area contributed by atoms with Crippen molar-refractivity contribution in [1.82, 2.24) is 18.3 Å². The summed E-state index contributed by atoms with van der Waals surface area (Å²) in [6.07, 6.45) is 0. The van der Waals surface area contributed by atoms with Gasteiger partial charge in [0.25, 0.3) is 0 Å². The normalized spacial score (nSPS) is 12.1. The molecule has 0 aliphatic rings. The van der Waals surface area contributed by atoms with Gasteiger partial charge in [-0.25, -0.2) is 0 Å². The van der Waals surface area contributed by atoms with Crippen molar-refractivity contribution in [3.8, 4) is 22.7 Å². The summed E-state index contributed by atoms with van der Waals surface area (Å²) < 4.78 is 9.74. The molecule has 0 amide bonds. The predicted molar refractivity (Wildman–Crippen MR) is 298 cm³/mol. The molecule has 71 heavy (non-hydrogen) atoms. The third kappa shape index (κ3) is 5.98. The maximum atomic E-state index is 2.45. The van der Waals surface area contributed by atoms with E-state index in [-0.39, 0.29) is 5.92 Å². The zero-order chi connectivity index (χ0) is 46.6. The van der Waals surface area contributed by atoms with Crippen LogP contribution in [0.3, 0.4) is 0 Å². The molecule has 0 saturated heterocycles. The van der Waals surface area contributed by atoms with Crippen LogP contribution in [-0.2, 0) is 0 Å². The summed E-state index contributed by atoms with van der Waals surface area (Å²) in [5.41, 5.74) is 17.9. The summed E-state index contributed by atoms with van der Waals surface area (Å²) in [7, 11) is 0. The van der Waals surface area contributed by atoms with Crippen molar-refractivity contribution >= 4 is 87.2 Å². The molecule has 332 valence electrons. The molecule has 0 unspecified atom stereocenters. The molecule has 0 saturated carbocycles. The largest absolute Gasteiger partial charge is 0.309 e. The minimum Gasteiger partial charge on any atom is -0.309 e. The Balaban J connectivity index is 0.874. The fraction of sp³-hybridized carbons (Fsp3) is 0.0149. The Bertz CT molecular complexity index is 4220. The van der Waals surface area contributed by atoms with Crippen molar-refractivity contribution in [3.05, 3.63) is 278 Å². The highest BCUT2D eigenvalue weighted by Crippen LogP contribution is 2.41. The van der Waals surface area contributed by atoms with E-state index in [0.717, 1.165) is 22.7 Å². The smallest absolute Gasteiger partial charge is 0.0542 e. The number of para-hydroxylation sites is 6. The Morgan fingerprint density at radius 1 is 0.183 bits per heavy atom. The first-order valence-corrected chi connectivity index (χ1v) is 24.5. The lowest BCUT2D eigenvalue weighted by Crippen LogP contribution is -2.06. The molecule has 0 aliphatic heterocycles. The number of benzene rings is 11. The van der Waals surface area contributed by atoms with Gasteiger partial charge < -0.3 is 18.3 Å². The van der Waals surface area contributed by atoms with E-state index < -0.39 is 0 Å². The second-order valence-electron chi connectivity index (χ2n) is 18.9. The zero-order valence-corrected chi connectivity index (χ0v) is 38.7. The maximum absolute atomic E-state index is 2.45. The standard InChI is InChI=1S/C67H44N4/c1-2-18-44(19-3-1)67(45-20-16-22-47(40-45)68-63-34-14-8-28-55(63)57-42-49(36-38-65(57)68)70-59-30-10-4-24-51(59)52-25-5-11-31-60(52)70)46-21-17-23-48(41-46)69-64-35-15-9-29-56(64)58-43-50(37-39-66(58)69)71-61-32-12-6-26-53(61)54-27-7-13-33-62(54)71/h1-43,67H. The molecule has 4 heterocycles. The van der Waals surface area contributed by atoms with Crippen LogP contribution >= 0.6 is 0 Å². The number of rotatable bonds is 7. The van der Waals surface area contributed by atoms with Gasteiger partial charge in [0, 0.05) is 71.8 Å². The summed E-state index contributed by atoms with van der Waals surface area (Å²) in [6.45, 7) is 0. The van der Waals surface area contributed by atoms with Crippen LogP contribution in [0.25, 0.3) is 110 Å². The van der Waals surface area contributed by atoms with Crippen molar-refractivity contribution in [2.75, 3.05) is 0 Å². The second-order valence-corrected chi connectivity index (χ2v) is 18.9. The molecule has 0 aliphatic carbocycles. The first kappa shape index (κ1) is 39.6. The van der Waals surface area contributed by atoms with Crippen LogP contribution in [0.5, 0.6) is 0 Å². The van der Waals surface area contributed by atoms with Crippen molar-refractivity contribution < 1.29 is 0 Å². The van der Waals surface area contributed by atoms with Crippen molar-refractivity contribution in [3.63, 3.8) is 0 Å². The van der Waals surface area contributed by atoms with E-state index in [4.69, 9.17) is 0 Å². The summed E-state index contributed by atoms with van der Waals surface area (Å²) in [5.74, 6) is -0.0268. The topological polar surface area (TPSA) is 19.7 Å². The van der Waals surface area contributed by atoms with Gasteiger partial charge in [-0.1, -0.05) is 164 Å². The molecule has 15 rings (SSSR count). The average Bonchev–Trinajstić information content (AvgIpc) is 4.16. The Kier molecular flexibility index (Phi) is 8.69. The third-order valence-electron chi connectivity index (χ3n) is 15.0. The minimum absolute atomic E-state index is 0.0268. The quantitative estimate of drug-likeness (QED) is 0.142. The van der Waals surface area contributed by atoms with Gasteiger partial charge in [-0.05, 0) is 114 Å². The Morgan fingerprint density at radius 3 is 0.803 bits per heavy atom. The predicted octanol–water partition coefficient (Wildman–Crippen LogP) is 17.3. The molecular formula is C67H44N4. The Labute approximate surface area is 409 Å². The van der Waals surface area contributed by atoms with E-state index in [1.807, 2.05) is 0 Å². The molecule has 0 bridgehead atoms. The van der Waals surface area contributed by atoms with Gasteiger partial charge in [-0.3, -0.25) is 0 Å². The molecule has 0 atom stereocenters. The Hall–Kier alpha value is -9.38. The lowest BCUT2D eigenvalue weighted by atomic mass is 9.85. The molecule has 0 radical (unpaired) electrons. The van der Waals surface area contributed by atoms with E-state index >= 15 is 0 Å². The van der Waals surface area contributed by atoms with Crippen LogP contribution in [0.15, 0.2) is 261 Å². The van der Waals surface area contributed by atoms with Crippen molar-refractivity contribution in [1.29, 1.82) is 0 Å². The molecule has 0 N–H and O–H groups in total. The highest BCUT2D eigenvalue weighted by Gasteiger charge is 2.22. The monoisotopic (exact) mass is 904 g/mol. The van der Waals surface area contributed by atoms with Crippen LogP contribution in [0.1, 0.15) is 22.6 Å². The number of nitrogens with zero attached hydrogens (tertiary/aromatic N) is 4. The maximum Gasteiger partial charge on any atom is 0.0542 e. The summed E-state index contributed by atoms with van der Waals surface area (Å²) in [6, 6.07) is 96.1. The molecule has 4 nitrogen and oxygen atoms in total. The number of hydrogen-bond acceptors (Lipinski definition) is 0. The highest BCUT2D eigenvalue weighted by molar-refractivity contribution is 6.14. The molecule has 4 heteroatoms. The van der Waals surface area contributed by atoms with E-state index in [0.29, 0.717) is 0 Å². The molecule has 15 aromatic rings. The van der Waals surface area contributed by atoms with Gasteiger partial charge in [0.15, 0.2) is 0 Å². The molecule has 0 spiro atoms. The van der Waals surface area contributed by atoms with Crippen LogP contribution in [0.4, 0.5) is 0 Å². The lowest BCUT2D eigenvalue weighted by molar-refractivity contribution is 0.967. The summed E-state index contributed by atoms with van der Waals surface area (Å²) >= 11 is 0. The summed E-state index contributed by atoms with van der Waals surface area (Å²) in [5, 5.41) is 9.98. The van der Waals surface area contributed by atoms with Crippen LogP contribution in [0, 0.1) is 0 Å². The minimum atomic E-state index is -0.0268. The second kappa shape index (κ2) is 15.6. The van der Waals surface area contributed by atoms with E-state index in [9.17, 15) is 0 Å². The van der Waals surface area contributed by atoms with Gasteiger partial charge in [-0.15, -0.1) is 0 Å². The SMILES string of the molecule is c1ccc(C(c2cccc(-n3c4ccccc4c4cc(-n5c6ccccc6c6ccccc65)ccc43)c2)c2cccc(-n3c4ccccc4c4cc(-n5c6ccccc6c6ccccc65)ccc43)c2)cc1. The fourth-order valence-corrected chi connectivity index (χ4v) is 12.1. The van der Waals surface area contributed by atoms with E-state index in [1.165, 1.54) is 104 Å². The number of hydrogen-bond donors (Lipinski definition) is 0. The zero-order valence-electron chi connectivity index (χ0n) is 38.7. The first-order chi connectivity index (χ1) is 35.2. The van der Waals surface area contributed by atoms with Gasteiger partial charge in [0.1, 0.15) is 0 Å². The van der Waals surface area contributed by atoms with E-state index in [1.54, 1.807) is 0 Å². The summed E-state index contributed by atoms with van der Waals surface area (Å²) in [4.78, 5) is 0. The highest BCUT2D eigenvalue weighted by atomic mass is 15.0. The Morgan fingerprint density at radius 2 is 0.451 bits per heavy atom. The number of fused-ring (bicyclic) bond motifs is 12. The van der Waals surface area contributed by atoms with Crippen LogP contribution in [0.2, 0.25) is 0 Å². The van der Waals surface area contributed by atoms with Gasteiger partial charge >= 0.3 is 0 Å². The molecule has 4 aromatic heterocycles. The van der Waals surface area contributed by atoms with Crippen molar-refractivity contribution in [2.45, 2.75) is 5.92 Å². The lowest BCUT2D eigenvalue weighted by Gasteiger charge is -2.21.